The molecule has 1 aliphatic rings. The summed E-state index contributed by atoms with van der Waals surface area (Å²) in [5, 5.41) is 2.75. The van der Waals surface area contributed by atoms with Gasteiger partial charge in [0.25, 0.3) is 5.91 Å². The lowest BCUT2D eigenvalue weighted by Gasteiger charge is -2.13. The van der Waals surface area contributed by atoms with Gasteiger partial charge in [0, 0.05) is 26.2 Å². The first-order chi connectivity index (χ1) is 11.4. The van der Waals surface area contributed by atoms with E-state index < -0.39 is 16.1 Å². The van der Waals surface area contributed by atoms with Gasteiger partial charge in [0.05, 0.1) is 4.90 Å². The van der Waals surface area contributed by atoms with Crippen LogP contribution in [0.2, 0.25) is 0 Å². The van der Waals surface area contributed by atoms with Crippen LogP contribution in [0.3, 0.4) is 0 Å². The highest BCUT2D eigenvalue weighted by Crippen LogP contribution is 2.28. The molecule has 1 atom stereocenters. The van der Waals surface area contributed by atoms with Crippen molar-refractivity contribution < 1.29 is 17.9 Å². The van der Waals surface area contributed by atoms with Crippen LogP contribution >= 0.6 is 0 Å². The Morgan fingerprint density at radius 3 is 2.42 bits per heavy atom. The van der Waals surface area contributed by atoms with E-state index in [4.69, 9.17) is 4.74 Å². The van der Waals surface area contributed by atoms with Crippen LogP contribution in [0.5, 0.6) is 5.75 Å². The van der Waals surface area contributed by atoms with Gasteiger partial charge in [-0.2, -0.15) is 0 Å². The first kappa shape index (κ1) is 16.5. The zero-order valence-electron chi connectivity index (χ0n) is 13.4. The average molecular weight is 346 g/mol. The number of benzene rings is 2. The van der Waals surface area contributed by atoms with E-state index in [1.165, 1.54) is 26.2 Å². The predicted octanol–water partition coefficient (Wildman–Crippen LogP) is 1.88. The van der Waals surface area contributed by atoms with Gasteiger partial charge in [-0.1, -0.05) is 18.2 Å². The minimum Gasteiger partial charge on any atom is -0.480 e. The van der Waals surface area contributed by atoms with Crippen molar-refractivity contribution in [3.8, 4) is 5.75 Å². The van der Waals surface area contributed by atoms with Gasteiger partial charge >= 0.3 is 0 Å². The van der Waals surface area contributed by atoms with Crippen molar-refractivity contribution in [1.29, 1.82) is 0 Å². The number of rotatable bonds is 4. The van der Waals surface area contributed by atoms with Gasteiger partial charge in [0.1, 0.15) is 5.75 Å². The second kappa shape index (κ2) is 6.26. The maximum atomic E-state index is 12.3. The van der Waals surface area contributed by atoms with E-state index in [1.54, 1.807) is 12.1 Å². The molecule has 1 aliphatic heterocycles. The van der Waals surface area contributed by atoms with Crippen LogP contribution in [0, 0.1) is 0 Å². The van der Waals surface area contributed by atoms with Gasteiger partial charge < -0.3 is 10.1 Å². The first-order valence-electron chi connectivity index (χ1n) is 7.46. The molecule has 2 aromatic rings. The maximum Gasteiger partial charge on any atom is 0.265 e. The quantitative estimate of drug-likeness (QED) is 0.917. The van der Waals surface area contributed by atoms with Gasteiger partial charge in [-0.3, -0.25) is 4.79 Å². The number of para-hydroxylation sites is 1. The number of sulfonamides is 1. The molecule has 126 valence electrons. The normalized spacial score (nSPS) is 16.5. The molecular formula is C17H18N2O4S. The SMILES string of the molecule is CN(C)S(=O)(=O)c1ccc(NC(=O)[C@@H]2Cc3ccccc3O2)cc1. The fraction of sp³-hybridized carbons (Fsp3) is 0.235. The predicted molar refractivity (Wildman–Crippen MR) is 90.5 cm³/mol. The van der Waals surface area contributed by atoms with Crippen LogP contribution in [0.25, 0.3) is 0 Å². The summed E-state index contributed by atoms with van der Waals surface area (Å²) >= 11 is 0. The molecule has 1 amide bonds. The van der Waals surface area contributed by atoms with Crippen molar-refractivity contribution in [3.63, 3.8) is 0 Å². The summed E-state index contributed by atoms with van der Waals surface area (Å²) in [6, 6.07) is 13.6. The third kappa shape index (κ3) is 3.13. The third-order valence-electron chi connectivity index (χ3n) is 3.84. The molecule has 0 saturated heterocycles. The van der Waals surface area contributed by atoms with E-state index in [-0.39, 0.29) is 10.8 Å². The molecule has 24 heavy (non-hydrogen) atoms. The van der Waals surface area contributed by atoms with Gasteiger partial charge in [-0.05, 0) is 35.9 Å². The van der Waals surface area contributed by atoms with Gasteiger partial charge in [-0.25, -0.2) is 12.7 Å². The highest BCUT2D eigenvalue weighted by Gasteiger charge is 2.28. The second-order valence-electron chi connectivity index (χ2n) is 5.72. The summed E-state index contributed by atoms with van der Waals surface area (Å²) in [6.07, 6.45) is -0.0534. The Hall–Kier alpha value is -2.38. The van der Waals surface area contributed by atoms with Crippen molar-refractivity contribution in [1.82, 2.24) is 4.31 Å². The van der Waals surface area contributed by atoms with Crippen LogP contribution in [-0.2, 0) is 21.2 Å². The van der Waals surface area contributed by atoms with Crippen LogP contribution in [0.4, 0.5) is 5.69 Å². The first-order valence-corrected chi connectivity index (χ1v) is 8.90. The second-order valence-corrected chi connectivity index (χ2v) is 7.87. The lowest BCUT2D eigenvalue weighted by molar-refractivity contribution is -0.122. The average Bonchev–Trinajstić information content (AvgIpc) is 2.99. The van der Waals surface area contributed by atoms with E-state index in [2.05, 4.69) is 5.32 Å². The molecule has 0 aliphatic carbocycles. The summed E-state index contributed by atoms with van der Waals surface area (Å²) in [5.74, 6) is 0.472. The molecule has 0 radical (unpaired) electrons. The summed E-state index contributed by atoms with van der Waals surface area (Å²) in [5.41, 5.74) is 1.53. The molecule has 0 spiro atoms. The Kier molecular flexibility index (Phi) is 4.29. The fourth-order valence-electron chi connectivity index (χ4n) is 2.47. The van der Waals surface area contributed by atoms with E-state index in [0.29, 0.717) is 12.1 Å². The Morgan fingerprint density at radius 1 is 1.12 bits per heavy atom. The van der Waals surface area contributed by atoms with Crippen LogP contribution in [0.1, 0.15) is 5.56 Å². The van der Waals surface area contributed by atoms with E-state index in [0.717, 1.165) is 15.6 Å². The molecule has 2 aromatic carbocycles. The lowest BCUT2D eigenvalue weighted by atomic mass is 10.1. The molecule has 0 unspecified atom stereocenters. The summed E-state index contributed by atoms with van der Waals surface area (Å²) < 4.78 is 30.8. The number of fused-ring (bicyclic) bond motifs is 1. The molecule has 0 aromatic heterocycles. The van der Waals surface area contributed by atoms with Crippen molar-refractivity contribution >= 4 is 21.6 Å². The van der Waals surface area contributed by atoms with Crippen LogP contribution in [-0.4, -0.2) is 38.8 Å². The topological polar surface area (TPSA) is 75.7 Å². The molecule has 1 heterocycles. The van der Waals surface area contributed by atoms with Crippen molar-refractivity contribution in [2.24, 2.45) is 0 Å². The molecule has 3 rings (SSSR count). The fourth-order valence-corrected chi connectivity index (χ4v) is 3.37. The van der Waals surface area contributed by atoms with Crippen LogP contribution < -0.4 is 10.1 Å². The monoisotopic (exact) mass is 346 g/mol. The van der Waals surface area contributed by atoms with Gasteiger partial charge in [-0.15, -0.1) is 0 Å². The zero-order valence-corrected chi connectivity index (χ0v) is 14.2. The minimum atomic E-state index is -3.48. The largest absolute Gasteiger partial charge is 0.480 e. The number of carbonyl (C=O) groups excluding carboxylic acids is 1. The maximum absolute atomic E-state index is 12.3. The summed E-state index contributed by atoms with van der Waals surface area (Å²) in [6.45, 7) is 0. The number of hydrogen-bond donors (Lipinski definition) is 1. The summed E-state index contributed by atoms with van der Waals surface area (Å²) in [4.78, 5) is 12.5. The number of nitrogens with one attached hydrogen (secondary N) is 1. The number of ether oxygens (including phenoxy) is 1. The Labute approximate surface area is 141 Å². The number of carbonyl (C=O) groups is 1. The van der Waals surface area contributed by atoms with Crippen LogP contribution in [0.15, 0.2) is 53.4 Å². The number of hydrogen-bond acceptors (Lipinski definition) is 4. The van der Waals surface area contributed by atoms with E-state index in [9.17, 15) is 13.2 Å². The summed E-state index contributed by atoms with van der Waals surface area (Å²) in [7, 11) is -0.533. The van der Waals surface area contributed by atoms with Crippen molar-refractivity contribution in [3.05, 3.63) is 54.1 Å². The third-order valence-corrected chi connectivity index (χ3v) is 5.67. The Bertz CT molecular complexity index is 835. The van der Waals surface area contributed by atoms with Crippen molar-refractivity contribution in [2.75, 3.05) is 19.4 Å². The van der Waals surface area contributed by atoms with E-state index >= 15 is 0 Å². The standard InChI is InChI=1S/C17H18N2O4S/c1-19(2)24(21,22)14-9-7-13(8-10-14)18-17(20)16-11-12-5-3-4-6-15(12)23-16/h3-10,16H,11H2,1-2H3,(H,18,20)/t16-/m0/s1. The molecule has 6 nitrogen and oxygen atoms in total. The Balaban J connectivity index is 1.68. The number of anilines is 1. The minimum absolute atomic E-state index is 0.176. The lowest BCUT2D eigenvalue weighted by Crippen LogP contribution is -2.31. The smallest absolute Gasteiger partial charge is 0.265 e. The highest BCUT2D eigenvalue weighted by molar-refractivity contribution is 7.89. The molecular weight excluding hydrogens is 328 g/mol. The number of nitrogens with zero attached hydrogens (tertiary/aromatic N) is 1. The van der Waals surface area contributed by atoms with Crippen molar-refractivity contribution in [2.45, 2.75) is 17.4 Å². The molecule has 0 saturated carbocycles. The molecule has 0 fully saturated rings. The van der Waals surface area contributed by atoms with Gasteiger partial charge in [0.2, 0.25) is 10.0 Å². The molecule has 7 heteroatoms. The number of amides is 1. The Morgan fingerprint density at radius 2 is 1.79 bits per heavy atom. The van der Waals surface area contributed by atoms with Gasteiger partial charge in [0.15, 0.2) is 6.10 Å². The molecule has 1 N–H and O–H groups in total. The zero-order chi connectivity index (χ0) is 17.3. The highest BCUT2D eigenvalue weighted by atomic mass is 32.2. The molecule has 0 bridgehead atoms. The van der Waals surface area contributed by atoms with E-state index in [1.807, 2.05) is 24.3 Å².